The summed E-state index contributed by atoms with van der Waals surface area (Å²) in [6.45, 7) is 2.50. The first kappa shape index (κ1) is 11.7. The minimum Gasteiger partial charge on any atom is -0.397 e. The molecule has 5 nitrogen and oxygen atoms in total. The van der Waals surface area contributed by atoms with Crippen molar-refractivity contribution in [2.45, 2.75) is 13.5 Å². The molecular formula is C11H14N4OS. The normalized spacial score (nSPS) is 10.5. The van der Waals surface area contributed by atoms with Crippen molar-refractivity contribution in [2.75, 3.05) is 12.8 Å². The Bertz CT molecular complexity index is 531. The Morgan fingerprint density at radius 2 is 2.41 bits per heavy atom. The molecule has 2 aromatic rings. The first-order chi connectivity index (χ1) is 8.06. The number of carbonyl (C=O) groups is 1. The lowest BCUT2D eigenvalue weighted by Gasteiger charge is -2.14. The van der Waals surface area contributed by atoms with Gasteiger partial charge in [-0.1, -0.05) is 0 Å². The van der Waals surface area contributed by atoms with Crippen molar-refractivity contribution in [1.82, 2.24) is 14.9 Å². The summed E-state index contributed by atoms with van der Waals surface area (Å²) < 4.78 is 0. The summed E-state index contributed by atoms with van der Waals surface area (Å²) >= 11 is 1.59. The molecule has 3 N–H and O–H groups in total. The van der Waals surface area contributed by atoms with E-state index in [9.17, 15) is 4.79 Å². The molecule has 0 radical (unpaired) electrons. The number of nitrogens with two attached hydrogens (primary N) is 1. The summed E-state index contributed by atoms with van der Waals surface area (Å²) in [6.07, 6.45) is 3.41. The van der Waals surface area contributed by atoms with E-state index in [-0.39, 0.29) is 5.91 Å². The summed E-state index contributed by atoms with van der Waals surface area (Å²) in [4.78, 5) is 21.7. The number of rotatable bonds is 3. The van der Waals surface area contributed by atoms with Crippen molar-refractivity contribution in [1.29, 1.82) is 0 Å². The molecule has 0 atom stereocenters. The van der Waals surface area contributed by atoms with Gasteiger partial charge in [0.15, 0.2) is 0 Å². The summed E-state index contributed by atoms with van der Waals surface area (Å²) in [6, 6.07) is 1.64. The number of carbonyl (C=O) groups excluding carboxylic acids is 1. The van der Waals surface area contributed by atoms with Gasteiger partial charge in [0, 0.05) is 30.0 Å². The number of anilines is 1. The maximum atomic E-state index is 12.0. The molecule has 0 aliphatic rings. The number of nitrogen functional groups attached to an aromatic ring is 1. The van der Waals surface area contributed by atoms with Gasteiger partial charge in [0.05, 0.1) is 11.6 Å². The van der Waals surface area contributed by atoms with Crippen molar-refractivity contribution < 1.29 is 4.79 Å². The predicted octanol–water partition coefficient (Wildman–Crippen LogP) is 1.63. The smallest absolute Gasteiger partial charge is 0.270 e. The topological polar surface area (TPSA) is 75.0 Å². The Balaban J connectivity index is 2.05. The zero-order valence-electron chi connectivity index (χ0n) is 9.73. The highest BCUT2D eigenvalue weighted by Crippen LogP contribution is 2.15. The molecule has 6 heteroatoms. The lowest BCUT2D eigenvalue weighted by Crippen LogP contribution is -2.26. The molecule has 17 heavy (non-hydrogen) atoms. The number of amides is 1. The van der Waals surface area contributed by atoms with E-state index in [1.165, 1.54) is 0 Å². The molecule has 2 aromatic heterocycles. The van der Waals surface area contributed by atoms with Crippen LogP contribution in [-0.4, -0.2) is 27.8 Å². The molecular weight excluding hydrogens is 236 g/mol. The van der Waals surface area contributed by atoms with Crippen LogP contribution in [-0.2, 0) is 6.54 Å². The lowest BCUT2D eigenvalue weighted by atomic mass is 10.3. The number of hydrogen-bond acceptors (Lipinski definition) is 4. The Kier molecular flexibility index (Phi) is 3.14. The minimum atomic E-state index is -0.0762. The second-order valence-corrected chi connectivity index (χ2v) is 5.17. The molecule has 0 fully saturated rings. The summed E-state index contributed by atoms with van der Waals surface area (Å²) in [5.74, 6) is -0.0762. The first-order valence-corrected chi connectivity index (χ1v) is 5.98. The molecule has 0 aliphatic carbocycles. The lowest BCUT2D eigenvalue weighted by molar-refractivity contribution is 0.0781. The minimum absolute atomic E-state index is 0.0762. The maximum absolute atomic E-state index is 12.0. The van der Waals surface area contributed by atoms with Crippen LogP contribution in [0.15, 0.2) is 18.5 Å². The van der Waals surface area contributed by atoms with Crippen LogP contribution >= 0.6 is 11.3 Å². The highest BCUT2D eigenvalue weighted by atomic mass is 32.1. The molecule has 2 heterocycles. The molecule has 0 saturated heterocycles. The molecule has 90 valence electrons. The van der Waals surface area contributed by atoms with E-state index in [4.69, 9.17) is 5.73 Å². The summed E-state index contributed by atoms with van der Waals surface area (Å²) in [7, 11) is 1.76. The number of hydrogen-bond donors (Lipinski definition) is 2. The van der Waals surface area contributed by atoms with Gasteiger partial charge in [0.2, 0.25) is 0 Å². The van der Waals surface area contributed by atoms with Gasteiger partial charge in [-0.25, -0.2) is 4.98 Å². The van der Waals surface area contributed by atoms with E-state index >= 15 is 0 Å². The largest absolute Gasteiger partial charge is 0.397 e. The quantitative estimate of drug-likeness (QED) is 0.869. The molecule has 0 aromatic carbocycles. The van der Waals surface area contributed by atoms with Crippen LogP contribution in [0.25, 0.3) is 0 Å². The van der Waals surface area contributed by atoms with Crippen LogP contribution < -0.4 is 5.73 Å². The van der Waals surface area contributed by atoms with Gasteiger partial charge in [-0.3, -0.25) is 4.79 Å². The molecule has 1 amide bonds. The number of aromatic nitrogens is 2. The first-order valence-electron chi connectivity index (χ1n) is 5.17. The highest BCUT2D eigenvalue weighted by molar-refractivity contribution is 7.11. The van der Waals surface area contributed by atoms with E-state index in [2.05, 4.69) is 9.97 Å². The van der Waals surface area contributed by atoms with Gasteiger partial charge >= 0.3 is 0 Å². The zero-order valence-corrected chi connectivity index (χ0v) is 10.5. The van der Waals surface area contributed by atoms with Crippen molar-refractivity contribution in [3.05, 3.63) is 34.0 Å². The number of aromatic amines is 1. The number of nitrogens with one attached hydrogen (secondary N) is 1. The van der Waals surface area contributed by atoms with Crippen LogP contribution in [0.1, 0.15) is 20.4 Å². The SMILES string of the molecule is Cc1ncc(CN(C)C(=O)c2cc(N)c[nH]2)s1. The fraction of sp³-hybridized carbons (Fsp3) is 0.273. The van der Waals surface area contributed by atoms with E-state index in [1.807, 2.05) is 6.92 Å². The molecule has 2 rings (SSSR count). The Hall–Kier alpha value is -1.82. The monoisotopic (exact) mass is 250 g/mol. The third-order valence-corrected chi connectivity index (χ3v) is 3.24. The fourth-order valence-electron chi connectivity index (χ4n) is 1.52. The number of aryl methyl sites for hydroxylation is 1. The number of H-pyrrole nitrogens is 1. The molecule has 0 spiro atoms. The number of nitrogens with zero attached hydrogens (tertiary/aromatic N) is 2. The van der Waals surface area contributed by atoms with Crippen LogP contribution in [0.5, 0.6) is 0 Å². The third-order valence-electron chi connectivity index (χ3n) is 2.34. The zero-order chi connectivity index (χ0) is 12.4. The van der Waals surface area contributed by atoms with Crippen molar-refractivity contribution in [2.24, 2.45) is 0 Å². The van der Waals surface area contributed by atoms with Crippen LogP contribution in [0.4, 0.5) is 5.69 Å². The van der Waals surface area contributed by atoms with Gasteiger partial charge in [-0.15, -0.1) is 11.3 Å². The van der Waals surface area contributed by atoms with E-state index in [0.717, 1.165) is 9.88 Å². The van der Waals surface area contributed by atoms with Gasteiger partial charge in [-0.2, -0.15) is 0 Å². The van der Waals surface area contributed by atoms with Gasteiger partial charge in [0.25, 0.3) is 5.91 Å². The fourth-order valence-corrected chi connectivity index (χ4v) is 2.37. The molecule has 0 saturated carbocycles. The predicted molar refractivity (Wildman–Crippen MR) is 67.9 cm³/mol. The van der Waals surface area contributed by atoms with E-state index in [0.29, 0.717) is 17.9 Å². The summed E-state index contributed by atoms with van der Waals surface area (Å²) in [5, 5.41) is 1.00. The third kappa shape index (κ3) is 2.65. The van der Waals surface area contributed by atoms with Crippen molar-refractivity contribution >= 4 is 22.9 Å². The van der Waals surface area contributed by atoms with Crippen molar-refractivity contribution in [3.8, 4) is 0 Å². The van der Waals surface area contributed by atoms with Gasteiger partial charge < -0.3 is 15.6 Å². The maximum Gasteiger partial charge on any atom is 0.270 e. The highest BCUT2D eigenvalue weighted by Gasteiger charge is 2.14. The second-order valence-electron chi connectivity index (χ2n) is 3.85. The standard InChI is InChI=1S/C11H14N4OS/c1-7-13-5-9(17-7)6-15(2)11(16)10-3-8(12)4-14-10/h3-5,14H,6,12H2,1-2H3. The van der Waals surface area contributed by atoms with Gasteiger partial charge in [-0.05, 0) is 13.0 Å². The van der Waals surface area contributed by atoms with Crippen LogP contribution in [0, 0.1) is 6.92 Å². The Morgan fingerprint density at radius 3 is 2.94 bits per heavy atom. The van der Waals surface area contributed by atoms with Crippen molar-refractivity contribution in [3.63, 3.8) is 0 Å². The van der Waals surface area contributed by atoms with Crippen LogP contribution in [0.3, 0.4) is 0 Å². The average Bonchev–Trinajstić information content (AvgIpc) is 2.87. The second kappa shape index (κ2) is 4.58. The van der Waals surface area contributed by atoms with E-state index in [1.54, 1.807) is 41.7 Å². The van der Waals surface area contributed by atoms with Gasteiger partial charge in [0.1, 0.15) is 5.69 Å². The Morgan fingerprint density at radius 1 is 1.65 bits per heavy atom. The summed E-state index contributed by atoms with van der Waals surface area (Å²) in [5.41, 5.74) is 6.63. The molecule has 0 aliphatic heterocycles. The molecule has 0 bridgehead atoms. The van der Waals surface area contributed by atoms with E-state index < -0.39 is 0 Å². The Labute approximate surface area is 103 Å². The molecule has 0 unspecified atom stereocenters. The average molecular weight is 250 g/mol. The van der Waals surface area contributed by atoms with Crippen LogP contribution in [0.2, 0.25) is 0 Å². The number of thiazole rings is 1.